The highest BCUT2D eigenvalue weighted by Gasteiger charge is 2.75. The van der Waals surface area contributed by atoms with E-state index in [4.69, 9.17) is 10.5 Å². The predicted octanol–water partition coefficient (Wildman–Crippen LogP) is 2.75. The molecule has 0 aromatic heterocycles. The van der Waals surface area contributed by atoms with Crippen LogP contribution in [0.25, 0.3) is 0 Å². The Hall–Kier alpha value is -2.18. The molecule has 2 N–H and O–H groups in total. The first-order chi connectivity index (χ1) is 12.8. The fourth-order valence-corrected chi connectivity index (χ4v) is 6.20. The van der Waals surface area contributed by atoms with E-state index >= 15 is 0 Å². The summed E-state index contributed by atoms with van der Waals surface area (Å²) in [7, 11) is -3.75. The second kappa shape index (κ2) is 7.09. The molecule has 0 heterocycles. The van der Waals surface area contributed by atoms with Crippen molar-refractivity contribution in [2.24, 2.45) is 11.1 Å². The number of rotatable bonds is 6. The Labute approximate surface area is 160 Å². The van der Waals surface area contributed by atoms with Crippen molar-refractivity contribution in [1.29, 1.82) is 0 Å². The van der Waals surface area contributed by atoms with Gasteiger partial charge in [-0.1, -0.05) is 47.5 Å². The van der Waals surface area contributed by atoms with Gasteiger partial charge in [0.1, 0.15) is 5.41 Å². The van der Waals surface area contributed by atoms with Crippen molar-refractivity contribution in [2.45, 2.75) is 36.8 Å². The molecule has 1 fully saturated rings. The van der Waals surface area contributed by atoms with Gasteiger partial charge in [-0.15, -0.1) is 0 Å². The van der Waals surface area contributed by atoms with Gasteiger partial charge in [0, 0.05) is 12.5 Å². The smallest absolute Gasteiger partial charge is 0.315 e. The molecule has 1 aliphatic carbocycles. The Morgan fingerprint density at radius 1 is 1.04 bits per heavy atom. The monoisotopic (exact) mass is 387 g/mol. The van der Waals surface area contributed by atoms with Gasteiger partial charge in [0.25, 0.3) is 0 Å². The lowest BCUT2D eigenvalue weighted by molar-refractivity contribution is -0.149. The number of sulfone groups is 1. The molecule has 0 saturated heterocycles. The van der Waals surface area contributed by atoms with E-state index in [1.807, 2.05) is 38.1 Å². The molecule has 0 amide bonds. The Morgan fingerprint density at radius 3 is 2.04 bits per heavy atom. The summed E-state index contributed by atoms with van der Waals surface area (Å²) in [6, 6.07) is 14.2. The lowest BCUT2D eigenvalue weighted by Crippen LogP contribution is -2.33. The van der Waals surface area contributed by atoms with E-state index < -0.39 is 32.4 Å². The number of nitrogens with two attached hydrogens (primary N) is 1. The molecule has 0 radical (unpaired) electrons. The SMILES string of the molecule is CCOC(=O)[C@]1(CN)[C@@H](c2ccc(C)cc2)[C@@H]1S(=O)(=O)c1ccc(C)cc1. The maximum absolute atomic E-state index is 13.4. The first-order valence-electron chi connectivity index (χ1n) is 9.03. The van der Waals surface area contributed by atoms with E-state index in [0.717, 1.165) is 16.7 Å². The molecule has 144 valence electrons. The van der Waals surface area contributed by atoms with Gasteiger partial charge >= 0.3 is 5.97 Å². The largest absolute Gasteiger partial charge is 0.465 e. The molecule has 1 saturated carbocycles. The summed E-state index contributed by atoms with van der Waals surface area (Å²) < 4.78 is 32.0. The van der Waals surface area contributed by atoms with E-state index in [9.17, 15) is 13.2 Å². The minimum absolute atomic E-state index is 0.0832. The third-order valence-corrected chi connectivity index (χ3v) is 7.66. The van der Waals surface area contributed by atoms with Crippen molar-refractivity contribution >= 4 is 15.8 Å². The molecule has 0 aliphatic heterocycles. The van der Waals surface area contributed by atoms with Gasteiger partial charge in [0.05, 0.1) is 16.8 Å². The number of carbonyl (C=O) groups excluding carboxylic acids is 1. The molecule has 1 aliphatic rings. The van der Waals surface area contributed by atoms with Crippen LogP contribution in [0.4, 0.5) is 0 Å². The molecule has 6 heteroatoms. The maximum Gasteiger partial charge on any atom is 0.315 e. The first kappa shape index (κ1) is 19.6. The lowest BCUT2D eigenvalue weighted by Gasteiger charge is -2.14. The van der Waals surface area contributed by atoms with Gasteiger partial charge in [0.15, 0.2) is 9.84 Å². The molecule has 3 rings (SSSR count). The van der Waals surface area contributed by atoms with Gasteiger partial charge in [-0.25, -0.2) is 8.42 Å². The minimum atomic E-state index is -3.75. The Kier molecular flexibility index (Phi) is 5.14. The van der Waals surface area contributed by atoms with Crippen molar-refractivity contribution in [3.63, 3.8) is 0 Å². The van der Waals surface area contributed by atoms with Crippen LogP contribution < -0.4 is 5.73 Å². The third kappa shape index (κ3) is 3.17. The van der Waals surface area contributed by atoms with Crippen LogP contribution in [0.5, 0.6) is 0 Å². The van der Waals surface area contributed by atoms with Crippen LogP contribution in [-0.2, 0) is 19.4 Å². The second-order valence-electron chi connectivity index (χ2n) is 7.13. The van der Waals surface area contributed by atoms with Gasteiger partial charge < -0.3 is 10.5 Å². The number of esters is 1. The summed E-state index contributed by atoms with van der Waals surface area (Å²) in [5, 5.41) is -0.931. The molecular weight excluding hydrogens is 362 g/mol. The highest BCUT2D eigenvalue weighted by Crippen LogP contribution is 2.64. The van der Waals surface area contributed by atoms with Gasteiger partial charge in [-0.05, 0) is 38.5 Å². The van der Waals surface area contributed by atoms with Crippen LogP contribution >= 0.6 is 0 Å². The highest BCUT2D eigenvalue weighted by molar-refractivity contribution is 7.92. The van der Waals surface area contributed by atoms with Crippen LogP contribution in [-0.4, -0.2) is 32.8 Å². The van der Waals surface area contributed by atoms with E-state index in [2.05, 4.69) is 0 Å². The second-order valence-corrected chi connectivity index (χ2v) is 9.20. The Morgan fingerprint density at radius 2 is 1.56 bits per heavy atom. The van der Waals surface area contributed by atoms with Gasteiger partial charge in [0.2, 0.25) is 0 Å². The van der Waals surface area contributed by atoms with E-state index in [1.165, 1.54) is 0 Å². The standard InChI is InChI=1S/C21H25NO4S/c1-4-26-20(23)21(13-22)18(16-9-5-14(2)6-10-16)19(21)27(24,25)17-11-7-15(3)8-12-17/h5-12,18-19H,4,13,22H2,1-3H3/t18-,19-,21+/m0/s1. The summed E-state index contributed by atoms with van der Waals surface area (Å²) in [5.41, 5.74) is 7.55. The normalized spacial score (nSPS) is 24.4. The summed E-state index contributed by atoms with van der Waals surface area (Å²) >= 11 is 0. The van der Waals surface area contributed by atoms with Crippen molar-refractivity contribution in [3.8, 4) is 0 Å². The number of hydrogen-bond donors (Lipinski definition) is 1. The molecule has 2 aromatic rings. The molecule has 27 heavy (non-hydrogen) atoms. The summed E-state index contributed by atoms with van der Waals surface area (Å²) in [5.74, 6) is -1.06. The summed E-state index contributed by atoms with van der Waals surface area (Å²) in [6.07, 6.45) is 0. The Balaban J connectivity index is 2.10. The molecule has 5 nitrogen and oxygen atoms in total. The van der Waals surface area contributed by atoms with Crippen molar-refractivity contribution in [2.75, 3.05) is 13.2 Å². The maximum atomic E-state index is 13.4. The van der Waals surface area contributed by atoms with Crippen LogP contribution in [0, 0.1) is 19.3 Å². The van der Waals surface area contributed by atoms with E-state index in [0.29, 0.717) is 0 Å². The average molecular weight is 388 g/mol. The molecule has 3 atom stereocenters. The van der Waals surface area contributed by atoms with Crippen molar-refractivity contribution in [3.05, 3.63) is 65.2 Å². The lowest BCUT2D eigenvalue weighted by atomic mass is 9.98. The fraction of sp³-hybridized carbons (Fsp3) is 0.381. The summed E-state index contributed by atoms with van der Waals surface area (Å²) in [4.78, 5) is 13.0. The summed E-state index contributed by atoms with van der Waals surface area (Å²) in [6.45, 7) is 5.65. The number of ether oxygens (including phenoxy) is 1. The zero-order valence-electron chi connectivity index (χ0n) is 15.8. The fourth-order valence-electron chi connectivity index (χ4n) is 3.82. The molecule has 2 aromatic carbocycles. The molecule has 0 unspecified atom stereocenters. The Bertz CT molecular complexity index is 935. The average Bonchev–Trinajstić information content (AvgIpc) is 3.34. The molecular formula is C21H25NO4S. The minimum Gasteiger partial charge on any atom is -0.465 e. The number of carbonyl (C=O) groups is 1. The van der Waals surface area contributed by atoms with Crippen LogP contribution in [0.15, 0.2) is 53.4 Å². The topological polar surface area (TPSA) is 86.5 Å². The zero-order chi connectivity index (χ0) is 19.8. The molecule has 0 bridgehead atoms. The predicted molar refractivity (Wildman–Crippen MR) is 104 cm³/mol. The molecule has 0 spiro atoms. The van der Waals surface area contributed by atoms with Crippen LogP contribution in [0.3, 0.4) is 0 Å². The van der Waals surface area contributed by atoms with Crippen LogP contribution in [0.1, 0.15) is 29.5 Å². The highest BCUT2D eigenvalue weighted by atomic mass is 32.2. The van der Waals surface area contributed by atoms with E-state index in [-0.39, 0.29) is 18.0 Å². The zero-order valence-corrected chi connectivity index (χ0v) is 16.6. The van der Waals surface area contributed by atoms with Crippen molar-refractivity contribution in [1.82, 2.24) is 0 Å². The third-order valence-electron chi connectivity index (χ3n) is 5.37. The number of benzene rings is 2. The van der Waals surface area contributed by atoms with E-state index in [1.54, 1.807) is 31.2 Å². The first-order valence-corrected chi connectivity index (χ1v) is 10.6. The van der Waals surface area contributed by atoms with Crippen LogP contribution in [0.2, 0.25) is 0 Å². The van der Waals surface area contributed by atoms with Crippen molar-refractivity contribution < 1.29 is 17.9 Å². The van der Waals surface area contributed by atoms with Gasteiger partial charge in [-0.2, -0.15) is 0 Å². The number of aryl methyl sites for hydroxylation is 2. The number of hydrogen-bond acceptors (Lipinski definition) is 5. The quantitative estimate of drug-likeness (QED) is 0.770. The van der Waals surface area contributed by atoms with Gasteiger partial charge in [-0.3, -0.25) is 4.79 Å².